The zero-order chi connectivity index (χ0) is 76.9. The summed E-state index contributed by atoms with van der Waals surface area (Å²) in [6.45, 7) is 0. The molecule has 0 radical (unpaired) electrons. The van der Waals surface area contributed by atoms with Gasteiger partial charge in [-0.25, -0.2) is 0 Å². The predicted molar refractivity (Wildman–Crippen MR) is 489 cm³/mol. The van der Waals surface area contributed by atoms with E-state index in [-0.39, 0.29) is 0 Å². The fourth-order valence-corrected chi connectivity index (χ4v) is 19.3. The molecule has 20 aromatic rings. The maximum Gasteiger partial charge on any atom is 0.0714 e. The third kappa shape index (κ3) is 11.4. The quantitative estimate of drug-likeness (QED) is 0.100. The lowest BCUT2D eigenvalue weighted by Crippen LogP contribution is -2.28. The van der Waals surface area contributed by atoms with Crippen LogP contribution < -0.4 is 9.80 Å². The summed E-state index contributed by atoms with van der Waals surface area (Å²) in [6.07, 6.45) is 0. The van der Waals surface area contributed by atoms with Crippen LogP contribution in [0.25, 0.3) is 110 Å². The molecule has 20 aromatic carbocycles. The monoisotopic (exact) mass is 1470 g/mol. The van der Waals surface area contributed by atoms with Crippen LogP contribution in [0, 0.1) is 0 Å². The summed E-state index contributed by atoms with van der Waals surface area (Å²) < 4.78 is 0. The van der Waals surface area contributed by atoms with Gasteiger partial charge in [-0.3, -0.25) is 0 Å². The lowest BCUT2D eigenvalue weighted by molar-refractivity contribution is 0.768. The van der Waals surface area contributed by atoms with Crippen molar-refractivity contribution >= 4 is 77.2 Å². The molecule has 2 nitrogen and oxygen atoms in total. The van der Waals surface area contributed by atoms with Gasteiger partial charge in [0, 0.05) is 33.2 Å². The van der Waals surface area contributed by atoms with Crippen LogP contribution in [0.3, 0.4) is 0 Å². The topological polar surface area (TPSA) is 6.48 Å². The smallest absolute Gasteiger partial charge is 0.0714 e. The van der Waals surface area contributed by atoms with Crippen LogP contribution in [0.2, 0.25) is 0 Å². The average molecular weight is 1480 g/mol. The van der Waals surface area contributed by atoms with Gasteiger partial charge in [-0.1, -0.05) is 431 Å². The normalized spacial score (nSPS) is 12.6. The van der Waals surface area contributed by atoms with E-state index in [2.05, 4.69) is 483 Å². The molecule has 0 saturated carbocycles. The van der Waals surface area contributed by atoms with Crippen LogP contribution in [0.4, 0.5) is 34.1 Å². The van der Waals surface area contributed by atoms with Gasteiger partial charge < -0.3 is 9.80 Å². The van der Waals surface area contributed by atoms with Crippen molar-refractivity contribution in [2.24, 2.45) is 0 Å². The van der Waals surface area contributed by atoms with E-state index < -0.39 is 10.8 Å². The van der Waals surface area contributed by atoms with Gasteiger partial charge in [0.15, 0.2) is 0 Å². The molecule has 0 unspecified atom stereocenters. The molecular weight excluding hydrogens is 1400 g/mol. The molecule has 544 valence electrons. The van der Waals surface area contributed by atoms with E-state index in [0.717, 1.165) is 34.1 Å². The first-order valence-electron chi connectivity index (χ1n) is 40.2. The summed E-state index contributed by atoms with van der Waals surface area (Å²) in [5.41, 5.74) is 30.4. The van der Waals surface area contributed by atoms with Crippen molar-refractivity contribution in [3.8, 4) is 66.8 Å². The second kappa shape index (κ2) is 29.3. The standard InChI is InChI=1S/2C57H39N/c1-5-20-40(21-6-1)42-36-37-47(41-22-7-2-8-23-41)54(38-42)58(55-39-43-24-13-14-29-46(43)48-30-15-16-31-49(48)55)53-35-19-34-52-56(53)50-32-17-18-33-51(50)57(52,44-25-9-3-10-26-44)45-27-11-4-12-28-45;1-4-19-40(20-5-1)46-26-12-13-27-47(46)41-35-37-45(38-36-41)58(55-39-42-21-10-11-28-48(42)49-29-14-15-30-50(49)55)54-34-18-33-53-56(54)51-31-16-17-32-52(51)57(53,43-22-6-2-7-23-43)44-24-8-3-9-25-44/h2*1-39H. The molecule has 0 aromatic heterocycles. The summed E-state index contributed by atoms with van der Waals surface area (Å²) in [7, 11) is 0. The van der Waals surface area contributed by atoms with Crippen LogP contribution >= 0.6 is 0 Å². The van der Waals surface area contributed by atoms with Gasteiger partial charge in [-0.15, -0.1) is 0 Å². The SMILES string of the molecule is c1ccc(-c2ccc(-c3ccccc3)c(N(c3cccc4c3-c3ccccc3C4(c3ccccc3)c3ccccc3)c3cc4ccccc4c4ccccc34)c2)cc1.c1ccc(-c2ccccc2-c2ccc(N(c3cccc4c3-c3ccccc3C4(c3ccccc3)c3ccccc3)c3cc4ccccc4c4ccccc34)cc2)cc1. The number of anilines is 6. The van der Waals surface area contributed by atoms with Crippen molar-refractivity contribution in [2.45, 2.75) is 10.8 Å². The van der Waals surface area contributed by atoms with Gasteiger partial charge >= 0.3 is 0 Å². The summed E-state index contributed by atoms with van der Waals surface area (Å²) in [4.78, 5) is 5.09. The Labute approximate surface area is 677 Å². The van der Waals surface area contributed by atoms with Crippen LogP contribution in [0.15, 0.2) is 473 Å². The lowest BCUT2D eigenvalue weighted by atomic mass is 9.68. The Morgan fingerprint density at radius 1 is 0.155 bits per heavy atom. The highest BCUT2D eigenvalue weighted by molar-refractivity contribution is 6.18. The van der Waals surface area contributed by atoms with Gasteiger partial charge in [0.25, 0.3) is 0 Å². The molecule has 0 spiro atoms. The van der Waals surface area contributed by atoms with Gasteiger partial charge in [0.1, 0.15) is 0 Å². The van der Waals surface area contributed by atoms with E-state index in [9.17, 15) is 0 Å². The van der Waals surface area contributed by atoms with Crippen molar-refractivity contribution in [1.29, 1.82) is 0 Å². The second-order valence-corrected chi connectivity index (χ2v) is 30.4. The number of benzene rings is 20. The van der Waals surface area contributed by atoms with Crippen molar-refractivity contribution in [3.05, 3.63) is 518 Å². The van der Waals surface area contributed by atoms with E-state index in [1.807, 2.05) is 0 Å². The summed E-state index contributed by atoms with van der Waals surface area (Å²) in [5, 5.41) is 9.81. The van der Waals surface area contributed by atoms with E-state index in [1.165, 1.54) is 154 Å². The largest absolute Gasteiger partial charge is 0.309 e. The first-order chi connectivity index (χ1) is 57.6. The summed E-state index contributed by atoms with van der Waals surface area (Å²) in [5.74, 6) is 0. The minimum atomic E-state index is -0.532. The summed E-state index contributed by atoms with van der Waals surface area (Å²) in [6, 6.07) is 174. The minimum Gasteiger partial charge on any atom is -0.309 e. The highest BCUT2D eigenvalue weighted by atomic mass is 15.2. The fourth-order valence-electron chi connectivity index (χ4n) is 19.3. The number of rotatable bonds is 14. The van der Waals surface area contributed by atoms with Crippen LogP contribution in [-0.2, 0) is 10.8 Å². The van der Waals surface area contributed by atoms with Crippen molar-refractivity contribution in [2.75, 3.05) is 9.80 Å². The molecule has 2 aliphatic carbocycles. The van der Waals surface area contributed by atoms with Crippen molar-refractivity contribution in [3.63, 3.8) is 0 Å². The molecule has 0 N–H and O–H groups in total. The zero-order valence-electron chi connectivity index (χ0n) is 63.9. The molecule has 116 heavy (non-hydrogen) atoms. The van der Waals surface area contributed by atoms with Gasteiger partial charge in [0.05, 0.1) is 39.3 Å². The van der Waals surface area contributed by atoms with Crippen LogP contribution in [0.1, 0.15) is 44.5 Å². The number of nitrogens with zero attached hydrogens (tertiary/aromatic N) is 2. The Hall–Kier alpha value is -15.0. The van der Waals surface area contributed by atoms with E-state index in [1.54, 1.807) is 0 Å². The number of hydrogen-bond donors (Lipinski definition) is 0. The number of hydrogen-bond acceptors (Lipinski definition) is 2. The Morgan fingerprint density at radius 2 is 0.466 bits per heavy atom. The van der Waals surface area contributed by atoms with Gasteiger partial charge in [-0.05, 0) is 169 Å². The highest BCUT2D eigenvalue weighted by Crippen LogP contribution is 2.63. The van der Waals surface area contributed by atoms with E-state index >= 15 is 0 Å². The Morgan fingerprint density at radius 3 is 0.905 bits per heavy atom. The third-order valence-electron chi connectivity index (χ3n) is 24.3. The molecule has 0 bridgehead atoms. The predicted octanol–water partition coefficient (Wildman–Crippen LogP) is 30.3. The molecular formula is C114H78N2. The zero-order valence-corrected chi connectivity index (χ0v) is 63.9. The second-order valence-electron chi connectivity index (χ2n) is 30.4. The third-order valence-corrected chi connectivity index (χ3v) is 24.3. The molecule has 2 aliphatic rings. The first-order valence-corrected chi connectivity index (χ1v) is 40.2. The molecule has 22 rings (SSSR count). The van der Waals surface area contributed by atoms with Gasteiger partial charge in [0.2, 0.25) is 0 Å². The molecule has 2 heteroatoms. The highest BCUT2D eigenvalue weighted by Gasteiger charge is 2.49. The molecule has 0 fully saturated rings. The molecule has 0 saturated heterocycles. The number of fused-ring (bicyclic) bond motifs is 12. The molecule has 0 atom stereocenters. The van der Waals surface area contributed by atoms with Crippen molar-refractivity contribution < 1.29 is 0 Å². The fraction of sp³-hybridized carbons (Fsp3) is 0.0175. The average Bonchev–Trinajstić information content (AvgIpc) is 1.53. The van der Waals surface area contributed by atoms with Gasteiger partial charge in [-0.2, -0.15) is 0 Å². The molecule has 0 aliphatic heterocycles. The van der Waals surface area contributed by atoms with Crippen LogP contribution in [0.5, 0.6) is 0 Å². The lowest BCUT2D eigenvalue weighted by Gasteiger charge is -2.35. The Kier molecular flexibility index (Phi) is 17.4. The maximum absolute atomic E-state index is 2.57. The Balaban J connectivity index is 0.000000145. The maximum atomic E-state index is 2.57. The first kappa shape index (κ1) is 69.0. The molecule has 0 amide bonds. The minimum absolute atomic E-state index is 0.507. The molecule has 0 heterocycles. The van der Waals surface area contributed by atoms with Crippen molar-refractivity contribution in [1.82, 2.24) is 0 Å². The van der Waals surface area contributed by atoms with E-state index in [4.69, 9.17) is 0 Å². The summed E-state index contributed by atoms with van der Waals surface area (Å²) >= 11 is 0. The van der Waals surface area contributed by atoms with E-state index in [0.29, 0.717) is 0 Å². The Bertz CT molecular complexity index is 6970. The van der Waals surface area contributed by atoms with Crippen LogP contribution in [-0.4, -0.2) is 0 Å².